The fourth-order valence-electron chi connectivity index (χ4n) is 0.806. The molecule has 0 aliphatic carbocycles. The molecule has 74 valence electrons. The molecular formula is C7H6BrN3O2S. The van der Waals surface area contributed by atoms with Gasteiger partial charge in [-0.15, -0.1) is 0 Å². The molecule has 1 rings (SSSR count). The number of anilines is 1. The minimum atomic E-state index is -3.39. The number of pyridine rings is 1. The van der Waals surface area contributed by atoms with Crippen LogP contribution in [0.1, 0.15) is 5.69 Å². The third-order valence-corrected chi connectivity index (χ3v) is 2.28. The van der Waals surface area contributed by atoms with Gasteiger partial charge in [0.2, 0.25) is 10.0 Å². The van der Waals surface area contributed by atoms with E-state index in [4.69, 9.17) is 5.26 Å². The van der Waals surface area contributed by atoms with E-state index in [1.807, 2.05) is 0 Å². The van der Waals surface area contributed by atoms with Crippen LogP contribution in [0.5, 0.6) is 0 Å². The Balaban J connectivity index is 3.20. The van der Waals surface area contributed by atoms with Crippen LogP contribution in [0.4, 0.5) is 5.69 Å². The molecule has 1 heterocycles. The summed E-state index contributed by atoms with van der Waals surface area (Å²) in [5, 5.41) is 8.64. The minimum absolute atomic E-state index is 0.0404. The summed E-state index contributed by atoms with van der Waals surface area (Å²) in [4.78, 5) is 3.75. The molecule has 1 aromatic heterocycles. The van der Waals surface area contributed by atoms with Crippen molar-refractivity contribution in [1.29, 1.82) is 5.26 Å². The second kappa shape index (κ2) is 3.94. The standard InChI is InChI=1S/C7H6BrN3O2S/c1-14(12,13)11-6-2-5(8)4-10-7(6)3-9/h2,4,11H,1H3. The second-order valence-electron chi connectivity index (χ2n) is 2.54. The van der Waals surface area contributed by atoms with Crippen molar-refractivity contribution in [3.05, 3.63) is 22.4 Å². The molecule has 0 aliphatic rings. The lowest BCUT2D eigenvalue weighted by atomic mass is 10.3. The molecule has 0 spiro atoms. The van der Waals surface area contributed by atoms with Crippen LogP contribution < -0.4 is 4.72 Å². The summed E-state index contributed by atoms with van der Waals surface area (Å²) < 4.78 is 24.6. The van der Waals surface area contributed by atoms with E-state index in [9.17, 15) is 8.42 Å². The highest BCUT2D eigenvalue weighted by Crippen LogP contribution is 2.18. The summed E-state index contributed by atoms with van der Waals surface area (Å²) in [5.41, 5.74) is 0.211. The number of nitrogens with zero attached hydrogens (tertiary/aromatic N) is 2. The number of rotatable bonds is 2. The van der Waals surface area contributed by atoms with E-state index in [2.05, 4.69) is 25.6 Å². The number of nitrogens with one attached hydrogen (secondary N) is 1. The molecule has 0 aromatic carbocycles. The van der Waals surface area contributed by atoms with Crippen molar-refractivity contribution in [2.75, 3.05) is 11.0 Å². The molecule has 0 saturated carbocycles. The lowest BCUT2D eigenvalue weighted by Crippen LogP contribution is -2.11. The summed E-state index contributed by atoms with van der Waals surface area (Å²) in [6.07, 6.45) is 2.43. The summed E-state index contributed by atoms with van der Waals surface area (Å²) >= 11 is 3.13. The topological polar surface area (TPSA) is 82.8 Å². The van der Waals surface area contributed by atoms with Crippen LogP contribution in [0.15, 0.2) is 16.7 Å². The summed E-state index contributed by atoms with van der Waals surface area (Å²) in [7, 11) is -3.39. The van der Waals surface area contributed by atoms with Gasteiger partial charge < -0.3 is 0 Å². The first-order valence-electron chi connectivity index (χ1n) is 3.46. The molecule has 7 heteroatoms. The van der Waals surface area contributed by atoms with Gasteiger partial charge in [0.05, 0.1) is 11.9 Å². The van der Waals surface area contributed by atoms with Crippen LogP contribution in [-0.4, -0.2) is 19.7 Å². The predicted octanol–water partition coefficient (Wildman–Crippen LogP) is 1.09. The molecule has 0 aliphatic heterocycles. The molecular weight excluding hydrogens is 270 g/mol. The lowest BCUT2D eigenvalue weighted by Gasteiger charge is -2.04. The number of halogens is 1. The van der Waals surface area contributed by atoms with Crippen molar-refractivity contribution < 1.29 is 8.42 Å². The van der Waals surface area contributed by atoms with Crippen molar-refractivity contribution >= 4 is 31.6 Å². The highest BCUT2D eigenvalue weighted by molar-refractivity contribution is 9.10. The zero-order valence-corrected chi connectivity index (χ0v) is 9.55. The fourth-order valence-corrected chi connectivity index (χ4v) is 1.69. The molecule has 0 radical (unpaired) electrons. The Morgan fingerprint density at radius 3 is 2.79 bits per heavy atom. The van der Waals surface area contributed by atoms with Crippen LogP contribution in [0.3, 0.4) is 0 Å². The zero-order chi connectivity index (χ0) is 10.8. The molecule has 0 saturated heterocycles. The molecule has 0 bridgehead atoms. The molecule has 0 fully saturated rings. The molecule has 0 unspecified atom stereocenters. The van der Waals surface area contributed by atoms with E-state index in [1.165, 1.54) is 12.3 Å². The van der Waals surface area contributed by atoms with Crippen molar-refractivity contribution in [3.63, 3.8) is 0 Å². The number of nitriles is 1. The van der Waals surface area contributed by atoms with Gasteiger partial charge in [-0.1, -0.05) is 0 Å². The quantitative estimate of drug-likeness (QED) is 0.876. The van der Waals surface area contributed by atoms with Gasteiger partial charge in [-0.05, 0) is 22.0 Å². The molecule has 14 heavy (non-hydrogen) atoms. The Labute approximate surface area is 90.0 Å². The number of hydrogen-bond donors (Lipinski definition) is 1. The van der Waals surface area contributed by atoms with E-state index in [0.717, 1.165) is 6.26 Å². The van der Waals surface area contributed by atoms with Crippen LogP contribution >= 0.6 is 15.9 Å². The van der Waals surface area contributed by atoms with E-state index in [0.29, 0.717) is 4.47 Å². The van der Waals surface area contributed by atoms with Crippen LogP contribution in [-0.2, 0) is 10.0 Å². The maximum absolute atomic E-state index is 10.9. The molecule has 5 nitrogen and oxygen atoms in total. The summed E-state index contributed by atoms with van der Waals surface area (Å²) in [6, 6.07) is 3.27. The van der Waals surface area contributed by atoms with E-state index < -0.39 is 10.0 Å². The number of aromatic nitrogens is 1. The second-order valence-corrected chi connectivity index (χ2v) is 5.20. The zero-order valence-electron chi connectivity index (χ0n) is 7.15. The highest BCUT2D eigenvalue weighted by Gasteiger charge is 2.08. The van der Waals surface area contributed by atoms with Gasteiger partial charge in [0, 0.05) is 10.7 Å². The Bertz CT molecular complexity index is 492. The van der Waals surface area contributed by atoms with Gasteiger partial charge >= 0.3 is 0 Å². The van der Waals surface area contributed by atoms with Gasteiger partial charge in [0.15, 0.2) is 5.69 Å². The van der Waals surface area contributed by atoms with Gasteiger partial charge in [-0.25, -0.2) is 13.4 Å². The highest BCUT2D eigenvalue weighted by atomic mass is 79.9. The Morgan fingerprint density at radius 2 is 2.29 bits per heavy atom. The lowest BCUT2D eigenvalue weighted by molar-refractivity contribution is 0.607. The molecule has 1 aromatic rings. The first kappa shape index (κ1) is 10.9. The predicted molar refractivity (Wildman–Crippen MR) is 55.1 cm³/mol. The molecule has 0 amide bonds. The smallest absolute Gasteiger partial charge is 0.229 e. The maximum atomic E-state index is 10.9. The Hall–Kier alpha value is -1.13. The summed E-state index contributed by atoms with van der Waals surface area (Å²) in [6.45, 7) is 0. The normalized spacial score (nSPS) is 10.6. The van der Waals surface area contributed by atoms with Gasteiger partial charge in [-0.2, -0.15) is 5.26 Å². The third kappa shape index (κ3) is 2.97. The van der Waals surface area contributed by atoms with Gasteiger partial charge in [-0.3, -0.25) is 4.72 Å². The van der Waals surface area contributed by atoms with E-state index in [-0.39, 0.29) is 11.4 Å². The van der Waals surface area contributed by atoms with E-state index >= 15 is 0 Å². The van der Waals surface area contributed by atoms with Gasteiger partial charge in [0.25, 0.3) is 0 Å². The van der Waals surface area contributed by atoms with Crippen molar-refractivity contribution in [2.45, 2.75) is 0 Å². The maximum Gasteiger partial charge on any atom is 0.229 e. The largest absolute Gasteiger partial charge is 0.281 e. The first-order valence-corrected chi connectivity index (χ1v) is 6.14. The first-order chi connectivity index (χ1) is 6.42. The molecule has 0 atom stereocenters. The van der Waals surface area contributed by atoms with E-state index in [1.54, 1.807) is 6.07 Å². The minimum Gasteiger partial charge on any atom is -0.281 e. The average Bonchev–Trinajstić information content (AvgIpc) is 2.01. The fraction of sp³-hybridized carbons (Fsp3) is 0.143. The van der Waals surface area contributed by atoms with Crippen LogP contribution in [0, 0.1) is 11.3 Å². The SMILES string of the molecule is CS(=O)(=O)Nc1cc(Br)cnc1C#N. The Morgan fingerprint density at radius 1 is 1.64 bits per heavy atom. The van der Waals surface area contributed by atoms with Crippen molar-refractivity contribution in [1.82, 2.24) is 4.98 Å². The van der Waals surface area contributed by atoms with Crippen LogP contribution in [0.25, 0.3) is 0 Å². The van der Waals surface area contributed by atoms with Crippen molar-refractivity contribution in [3.8, 4) is 6.07 Å². The van der Waals surface area contributed by atoms with Crippen molar-refractivity contribution in [2.24, 2.45) is 0 Å². The van der Waals surface area contributed by atoms with Crippen LogP contribution in [0.2, 0.25) is 0 Å². The monoisotopic (exact) mass is 275 g/mol. The summed E-state index contributed by atoms with van der Waals surface area (Å²) in [5.74, 6) is 0. The van der Waals surface area contributed by atoms with Gasteiger partial charge in [0.1, 0.15) is 6.07 Å². The molecule has 1 N–H and O–H groups in total. The average molecular weight is 276 g/mol. The Kier molecular flexibility index (Phi) is 3.08. The number of hydrogen-bond acceptors (Lipinski definition) is 4. The third-order valence-electron chi connectivity index (χ3n) is 1.26. The number of sulfonamides is 1.